The molecule has 0 radical (unpaired) electrons. The Morgan fingerprint density at radius 2 is 1.83 bits per heavy atom. The van der Waals surface area contributed by atoms with Gasteiger partial charge in [-0.3, -0.25) is 4.57 Å². The van der Waals surface area contributed by atoms with Gasteiger partial charge < -0.3 is 14.7 Å². The smallest absolute Gasteiger partial charge is 0.410 e. The van der Waals surface area contributed by atoms with Crippen molar-refractivity contribution in [1.82, 2.24) is 14.0 Å². The van der Waals surface area contributed by atoms with E-state index in [9.17, 15) is 20.0 Å². The third-order valence-corrected chi connectivity index (χ3v) is 5.07. The second-order valence-corrected chi connectivity index (χ2v) is 8.23. The van der Waals surface area contributed by atoms with Crippen molar-refractivity contribution in [2.45, 2.75) is 39.5 Å². The highest BCUT2D eigenvalue weighted by Crippen LogP contribution is 2.30. The molecule has 1 aliphatic rings. The summed E-state index contributed by atoms with van der Waals surface area (Å²) >= 11 is 0. The number of aromatic hydroxyl groups is 1. The summed E-state index contributed by atoms with van der Waals surface area (Å²) in [7, 11) is 0. The summed E-state index contributed by atoms with van der Waals surface area (Å²) in [5.41, 5.74) is 0.301. The molecule has 8 nitrogen and oxygen atoms in total. The molecule has 0 fully saturated rings. The number of rotatable bonds is 1. The molecule has 0 aliphatic carbocycles. The van der Waals surface area contributed by atoms with Crippen LogP contribution in [-0.2, 0) is 17.8 Å². The fourth-order valence-electron chi connectivity index (χ4n) is 3.72. The lowest BCUT2D eigenvalue weighted by Crippen LogP contribution is -2.43. The van der Waals surface area contributed by atoms with E-state index in [1.165, 1.54) is 14.0 Å². The molecule has 0 unspecified atom stereocenters. The highest BCUT2D eigenvalue weighted by molar-refractivity contribution is 5.94. The maximum atomic E-state index is 13.1. The Morgan fingerprint density at radius 3 is 2.50 bits per heavy atom. The standard InChI is InChI=1S/C22H22N4O4/c1-22(2,3)30-21(29)24-10-11-25-18(13-24)19(27)26(20(25)28)17-9-8-14(12-23)15-6-4-5-7-16(15)17/h4-9,27H,10-11,13H2,1-3H3. The van der Waals surface area contributed by atoms with E-state index < -0.39 is 11.7 Å². The van der Waals surface area contributed by atoms with Gasteiger partial charge in [0.25, 0.3) is 0 Å². The predicted octanol–water partition coefficient (Wildman–Crippen LogP) is 3.12. The monoisotopic (exact) mass is 406 g/mol. The molecule has 2 aromatic carbocycles. The van der Waals surface area contributed by atoms with Gasteiger partial charge in [0.2, 0.25) is 5.88 Å². The summed E-state index contributed by atoms with van der Waals surface area (Å²) in [6, 6.07) is 12.7. The number of hydrogen-bond donors (Lipinski definition) is 1. The minimum absolute atomic E-state index is 0.0667. The molecule has 3 aromatic rings. The Bertz CT molecular complexity index is 1260. The second kappa shape index (κ2) is 6.95. The molecule has 0 saturated carbocycles. The number of nitrogens with zero attached hydrogens (tertiary/aromatic N) is 4. The van der Waals surface area contributed by atoms with Crippen molar-refractivity contribution in [2.24, 2.45) is 0 Å². The van der Waals surface area contributed by atoms with Gasteiger partial charge in [-0.2, -0.15) is 5.26 Å². The number of carbonyl (C=O) groups is 1. The quantitative estimate of drug-likeness (QED) is 0.669. The van der Waals surface area contributed by atoms with Crippen molar-refractivity contribution in [3.63, 3.8) is 0 Å². The van der Waals surface area contributed by atoms with Gasteiger partial charge in [0, 0.05) is 23.9 Å². The first-order valence-electron chi connectivity index (χ1n) is 9.65. The van der Waals surface area contributed by atoms with Crippen LogP contribution in [0.4, 0.5) is 4.79 Å². The summed E-state index contributed by atoms with van der Waals surface area (Å²) in [6.45, 7) is 5.98. The van der Waals surface area contributed by atoms with Gasteiger partial charge in [0.1, 0.15) is 11.3 Å². The fraction of sp³-hybridized carbons (Fsp3) is 0.318. The second-order valence-electron chi connectivity index (χ2n) is 8.23. The van der Waals surface area contributed by atoms with Crippen molar-refractivity contribution in [3.8, 4) is 17.6 Å². The van der Waals surface area contributed by atoms with E-state index in [2.05, 4.69) is 6.07 Å². The van der Waals surface area contributed by atoms with Crippen LogP contribution >= 0.6 is 0 Å². The number of amides is 1. The maximum absolute atomic E-state index is 13.1. The lowest BCUT2D eigenvalue weighted by molar-refractivity contribution is 0.0196. The van der Waals surface area contributed by atoms with E-state index in [4.69, 9.17) is 4.74 Å². The van der Waals surface area contributed by atoms with Crippen LogP contribution in [0.2, 0.25) is 0 Å². The number of fused-ring (bicyclic) bond motifs is 2. The minimum Gasteiger partial charge on any atom is -0.493 e. The molecule has 4 rings (SSSR count). The Morgan fingerprint density at radius 1 is 1.13 bits per heavy atom. The molecule has 1 aromatic heterocycles. The van der Waals surface area contributed by atoms with Gasteiger partial charge in [0.15, 0.2) is 0 Å². The third-order valence-electron chi connectivity index (χ3n) is 5.07. The van der Waals surface area contributed by atoms with Crippen molar-refractivity contribution < 1.29 is 14.6 Å². The zero-order valence-electron chi connectivity index (χ0n) is 17.0. The van der Waals surface area contributed by atoms with E-state index in [-0.39, 0.29) is 24.7 Å². The number of hydrogen-bond acceptors (Lipinski definition) is 5. The lowest BCUT2D eigenvalue weighted by atomic mass is 10.0. The Balaban J connectivity index is 1.80. The number of nitriles is 1. The SMILES string of the molecule is CC(C)(C)OC(=O)N1CCn2c(c(O)n(-c3ccc(C#N)c4ccccc34)c2=O)C1. The zero-order valence-corrected chi connectivity index (χ0v) is 17.0. The normalized spacial score (nSPS) is 13.7. The third kappa shape index (κ3) is 3.18. The van der Waals surface area contributed by atoms with Gasteiger partial charge in [-0.25, -0.2) is 14.2 Å². The highest BCUT2D eigenvalue weighted by Gasteiger charge is 2.31. The Hall–Kier alpha value is -3.73. The number of carbonyl (C=O) groups excluding carboxylic acids is 1. The number of imidazole rings is 1. The molecule has 0 atom stereocenters. The molecule has 0 spiro atoms. The van der Waals surface area contributed by atoms with Crippen molar-refractivity contribution in [3.05, 3.63) is 58.1 Å². The van der Waals surface area contributed by atoms with Crippen LogP contribution in [0.15, 0.2) is 41.2 Å². The van der Waals surface area contributed by atoms with Crippen LogP contribution < -0.4 is 5.69 Å². The van der Waals surface area contributed by atoms with E-state index in [0.717, 1.165) is 0 Å². The molecule has 8 heteroatoms. The van der Waals surface area contributed by atoms with E-state index in [1.807, 2.05) is 12.1 Å². The summed E-state index contributed by atoms with van der Waals surface area (Å²) in [5, 5.41) is 21.7. The van der Waals surface area contributed by atoms with Gasteiger partial charge in [-0.05, 0) is 32.9 Å². The Labute approximate surface area is 173 Å². The number of ether oxygens (including phenoxy) is 1. The topological polar surface area (TPSA) is 100 Å². The van der Waals surface area contributed by atoms with Crippen LogP contribution in [0.3, 0.4) is 0 Å². The maximum Gasteiger partial charge on any atom is 0.410 e. The largest absolute Gasteiger partial charge is 0.493 e. The molecule has 0 saturated heterocycles. The first-order chi connectivity index (χ1) is 14.2. The molecule has 2 heterocycles. The first-order valence-corrected chi connectivity index (χ1v) is 9.65. The Kier molecular flexibility index (Phi) is 4.54. The molecule has 1 aliphatic heterocycles. The van der Waals surface area contributed by atoms with Gasteiger partial charge in [-0.15, -0.1) is 0 Å². The fourth-order valence-corrected chi connectivity index (χ4v) is 3.72. The average Bonchev–Trinajstić information content (AvgIpc) is 2.96. The molecule has 0 bridgehead atoms. The van der Waals surface area contributed by atoms with Crippen LogP contribution in [0.5, 0.6) is 5.88 Å². The van der Waals surface area contributed by atoms with Crippen LogP contribution in [-0.4, -0.2) is 37.4 Å². The van der Waals surface area contributed by atoms with Crippen LogP contribution in [0, 0.1) is 11.3 Å². The number of aromatic nitrogens is 2. The summed E-state index contributed by atoms with van der Waals surface area (Å²) in [5.74, 6) is -0.219. The summed E-state index contributed by atoms with van der Waals surface area (Å²) < 4.78 is 8.13. The van der Waals surface area contributed by atoms with Gasteiger partial charge in [0.05, 0.1) is 23.9 Å². The molecule has 1 amide bonds. The molecule has 154 valence electrons. The van der Waals surface area contributed by atoms with E-state index >= 15 is 0 Å². The van der Waals surface area contributed by atoms with E-state index in [1.54, 1.807) is 45.0 Å². The van der Waals surface area contributed by atoms with Gasteiger partial charge in [-0.1, -0.05) is 24.3 Å². The highest BCUT2D eigenvalue weighted by atomic mass is 16.6. The lowest BCUT2D eigenvalue weighted by Gasteiger charge is -2.30. The molecule has 1 N–H and O–H groups in total. The van der Waals surface area contributed by atoms with Crippen LogP contribution in [0.25, 0.3) is 16.5 Å². The van der Waals surface area contributed by atoms with Crippen LogP contribution in [0.1, 0.15) is 32.0 Å². The van der Waals surface area contributed by atoms with Gasteiger partial charge >= 0.3 is 11.8 Å². The summed E-state index contributed by atoms with van der Waals surface area (Å²) in [4.78, 5) is 27.0. The minimum atomic E-state index is -0.635. The average molecular weight is 406 g/mol. The molecular weight excluding hydrogens is 384 g/mol. The van der Waals surface area contributed by atoms with Crippen molar-refractivity contribution in [2.75, 3.05) is 6.54 Å². The van der Waals surface area contributed by atoms with Crippen molar-refractivity contribution >= 4 is 16.9 Å². The molecule has 30 heavy (non-hydrogen) atoms. The summed E-state index contributed by atoms with van der Waals surface area (Å²) in [6.07, 6.45) is -0.489. The zero-order chi connectivity index (χ0) is 21.6. The first kappa shape index (κ1) is 19.6. The van der Waals surface area contributed by atoms with Crippen molar-refractivity contribution in [1.29, 1.82) is 5.26 Å². The van der Waals surface area contributed by atoms with E-state index in [0.29, 0.717) is 34.3 Å². The molecular formula is C22H22N4O4. The predicted molar refractivity (Wildman–Crippen MR) is 111 cm³/mol. The number of benzene rings is 2.